The number of aliphatic hydroxyl groups excluding tert-OH is 1. The smallest absolute Gasteiger partial charge is 0.253 e. The van der Waals surface area contributed by atoms with Crippen molar-refractivity contribution in [3.63, 3.8) is 0 Å². The molecule has 0 fully saturated rings. The highest BCUT2D eigenvalue weighted by atomic mass is 16.3. The quantitative estimate of drug-likeness (QED) is 0.756. The van der Waals surface area contributed by atoms with Crippen LogP contribution in [0.4, 0.5) is 0 Å². The van der Waals surface area contributed by atoms with Crippen LogP contribution in [0.3, 0.4) is 0 Å². The summed E-state index contributed by atoms with van der Waals surface area (Å²) in [5.41, 5.74) is 0.858. The topological polar surface area (TPSA) is 69.6 Å². The number of nitrogens with one attached hydrogen (secondary N) is 1. The Morgan fingerprint density at radius 1 is 1.23 bits per heavy atom. The molecule has 1 aromatic carbocycles. The summed E-state index contributed by atoms with van der Waals surface area (Å²) >= 11 is 0. The van der Waals surface area contributed by atoms with E-state index >= 15 is 0 Å². The van der Waals surface area contributed by atoms with Gasteiger partial charge in [-0.05, 0) is 36.5 Å². The van der Waals surface area contributed by atoms with Crippen LogP contribution in [0.5, 0.6) is 0 Å². The molecular formula is C17H26N2O3. The molecule has 0 bridgehead atoms. The molecule has 2 amide bonds. The number of hydrogen-bond donors (Lipinski definition) is 2. The third kappa shape index (κ3) is 5.48. The van der Waals surface area contributed by atoms with Crippen LogP contribution in [0.25, 0.3) is 0 Å². The van der Waals surface area contributed by atoms with Gasteiger partial charge in [0, 0.05) is 38.4 Å². The largest absolute Gasteiger partial charge is 0.396 e. The van der Waals surface area contributed by atoms with Gasteiger partial charge in [0.2, 0.25) is 0 Å². The highest BCUT2D eigenvalue weighted by molar-refractivity contribution is 5.99. The molecule has 1 aromatic rings. The van der Waals surface area contributed by atoms with Gasteiger partial charge < -0.3 is 15.3 Å². The summed E-state index contributed by atoms with van der Waals surface area (Å²) in [6.07, 6.45) is 1.64. The van der Waals surface area contributed by atoms with Crippen molar-refractivity contribution in [2.45, 2.75) is 26.7 Å². The first-order valence-corrected chi connectivity index (χ1v) is 7.47. The minimum Gasteiger partial charge on any atom is -0.396 e. The van der Waals surface area contributed by atoms with Crippen molar-refractivity contribution in [3.05, 3.63) is 35.4 Å². The molecule has 0 unspecified atom stereocenters. The van der Waals surface area contributed by atoms with Crippen LogP contribution in [0.15, 0.2) is 24.3 Å². The van der Waals surface area contributed by atoms with Crippen molar-refractivity contribution in [1.82, 2.24) is 10.2 Å². The predicted molar refractivity (Wildman–Crippen MR) is 86.9 cm³/mol. The fourth-order valence-corrected chi connectivity index (χ4v) is 2.00. The van der Waals surface area contributed by atoms with Crippen molar-refractivity contribution < 1.29 is 14.7 Å². The minimum atomic E-state index is -0.185. The number of aliphatic hydroxyl groups is 1. The zero-order chi connectivity index (χ0) is 16.8. The lowest BCUT2D eigenvalue weighted by molar-refractivity contribution is 0.0827. The number of hydrogen-bond acceptors (Lipinski definition) is 3. The molecule has 0 atom stereocenters. The molecule has 5 nitrogen and oxygen atoms in total. The van der Waals surface area contributed by atoms with Crippen molar-refractivity contribution in [1.29, 1.82) is 0 Å². The van der Waals surface area contributed by atoms with E-state index < -0.39 is 0 Å². The van der Waals surface area contributed by atoms with Crippen LogP contribution < -0.4 is 5.32 Å². The van der Waals surface area contributed by atoms with Crippen LogP contribution in [-0.2, 0) is 0 Å². The average Bonchev–Trinajstić information content (AvgIpc) is 2.50. The number of amides is 2. The van der Waals surface area contributed by atoms with E-state index in [2.05, 4.69) is 5.32 Å². The molecule has 0 heterocycles. The molecule has 0 aliphatic carbocycles. The van der Waals surface area contributed by atoms with Crippen molar-refractivity contribution in [3.8, 4) is 0 Å². The van der Waals surface area contributed by atoms with Gasteiger partial charge in [-0.15, -0.1) is 0 Å². The zero-order valence-corrected chi connectivity index (χ0v) is 13.8. The van der Waals surface area contributed by atoms with Gasteiger partial charge in [-0.25, -0.2) is 0 Å². The van der Waals surface area contributed by atoms with Gasteiger partial charge >= 0.3 is 0 Å². The first-order valence-electron chi connectivity index (χ1n) is 7.47. The molecule has 2 N–H and O–H groups in total. The van der Waals surface area contributed by atoms with E-state index in [1.807, 2.05) is 13.8 Å². The minimum absolute atomic E-state index is 0.122. The summed E-state index contributed by atoms with van der Waals surface area (Å²) in [5.74, 6) is -0.311. The lowest BCUT2D eigenvalue weighted by Crippen LogP contribution is -2.27. The lowest BCUT2D eigenvalue weighted by atomic mass is 9.89. The SMILES string of the molecule is CN(C)C(=O)c1cccc(C(=O)NCCCC(C)(C)CO)c1. The maximum Gasteiger partial charge on any atom is 0.253 e. The van der Waals surface area contributed by atoms with Gasteiger partial charge in [0.05, 0.1) is 0 Å². The van der Waals surface area contributed by atoms with Crippen LogP contribution in [0.1, 0.15) is 47.4 Å². The van der Waals surface area contributed by atoms with Crippen LogP contribution in [-0.4, -0.2) is 49.1 Å². The Kier molecular flexibility index (Phi) is 6.56. The maximum absolute atomic E-state index is 12.1. The van der Waals surface area contributed by atoms with E-state index in [-0.39, 0.29) is 23.8 Å². The fourth-order valence-electron chi connectivity index (χ4n) is 2.00. The van der Waals surface area contributed by atoms with E-state index in [4.69, 9.17) is 0 Å². The van der Waals surface area contributed by atoms with E-state index in [1.165, 1.54) is 4.90 Å². The monoisotopic (exact) mass is 306 g/mol. The molecule has 0 saturated heterocycles. The van der Waals surface area contributed by atoms with E-state index in [9.17, 15) is 14.7 Å². The maximum atomic E-state index is 12.1. The summed E-state index contributed by atoms with van der Waals surface area (Å²) < 4.78 is 0. The Labute approximate surface area is 132 Å². The summed E-state index contributed by atoms with van der Waals surface area (Å²) in [5, 5.41) is 12.0. The standard InChI is InChI=1S/C17H26N2O3/c1-17(2,12-20)9-6-10-18-15(21)13-7-5-8-14(11-13)16(22)19(3)4/h5,7-8,11,20H,6,9-10,12H2,1-4H3,(H,18,21). The first-order chi connectivity index (χ1) is 10.3. The van der Waals surface area contributed by atoms with Crippen LogP contribution in [0.2, 0.25) is 0 Å². The number of carbonyl (C=O) groups excluding carboxylic acids is 2. The van der Waals surface area contributed by atoms with E-state index in [1.54, 1.807) is 38.4 Å². The van der Waals surface area contributed by atoms with Gasteiger partial charge in [0.1, 0.15) is 0 Å². The van der Waals surface area contributed by atoms with Crippen molar-refractivity contribution in [2.75, 3.05) is 27.2 Å². The van der Waals surface area contributed by atoms with Gasteiger partial charge in [0.15, 0.2) is 0 Å². The molecule has 0 spiro atoms. The Balaban J connectivity index is 2.56. The van der Waals surface area contributed by atoms with Crippen LogP contribution in [0, 0.1) is 5.41 Å². The number of nitrogens with zero attached hydrogens (tertiary/aromatic N) is 1. The lowest BCUT2D eigenvalue weighted by Gasteiger charge is -2.21. The number of benzene rings is 1. The molecule has 0 aliphatic heterocycles. The second kappa shape index (κ2) is 7.94. The molecule has 22 heavy (non-hydrogen) atoms. The molecule has 122 valence electrons. The van der Waals surface area contributed by atoms with Crippen molar-refractivity contribution in [2.24, 2.45) is 5.41 Å². The Bertz CT molecular complexity index is 524. The Morgan fingerprint density at radius 2 is 1.86 bits per heavy atom. The molecule has 1 rings (SSSR count). The second-order valence-corrected chi connectivity index (χ2v) is 6.46. The summed E-state index contributed by atoms with van der Waals surface area (Å²) in [4.78, 5) is 25.5. The number of carbonyl (C=O) groups is 2. The predicted octanol–water partition coefficient (Wildman–Crippen LogP) is 1.92. The molecule has 0 radical (unpaired) electrons. The molecule has 0 aromatic heterocycles. The molecule has 5 heteroatoms. The van der Waals surface area contributed by atoms with Gasteiger partial charge in [0.25, 0.3) is 11.8 Å². The normalized spacial score (nSPS) is 11.1. The summed E-state index contributed by atoms with van der Waals surface area (Å²) in [7, 11) is 3.36. The highest BCUT2D eigenvalue weighted by Crippen LogP contribution is 2.20. The second-order valence-electron chi connectivity index (χ2n) is 6.46. The first kappa shape index (κ1) is 18.2. The van der Waals surface area contributed by atoms with E-state index in [0.717, 1.165) is 12.8 Å². The van der Waals surface area contributed by atoms with Gasteiger partial charge in [-0.2, -0.15) is 0 Å². The third-order valence-electron chi connectivity index (χ3n) is 3.52. The van der Waals surface area contributed by atoms with Gasteiger partial charge in [-0.3, -0.25) is 9.59 Å². The third-order valence-corrected chi connectivity index (χ3v) is 3.52. The van der Waals surface area contributed by atoms with Crippen LogP contribution >= 0.6 is 0 Å². The average molecular weight is 306 g/mol. The summed E-state index contributed by atoms with van der Waals surface area (Å²) in [6.45, 7) is 4.67. The zero-order valence-electron chi connectivity index (χ0n) is 13.8. The van der Waals surface area contributed by atoms with E-state index in [0.29, 0.717) is 17.7 Å². The number of rotatable bonds is 7. The van der Waals surface area contributed by atoms with Gasteiger partial charge in [-0.1, -0.05) is 19.9 Å². The Morgan fingerprint density at radius 3 is 2.45 bits per heavy atom. The summed E-state index contributed by atoms with van der Waals surface area (Å²) in [6, 6.07) is 6.71. The molecular weight excluding hydrogens is 280 g/mol. The highest BCUT2D eigenvalue weighted by Gasteiger charge is 2.16. The molecule has 0 aliphatic rings. The fraction of sp³-hybridized carbons (Fsp3) is 0.529. The molecule has 0 saturated carbocycles. The Hall–Kier alpha value is -1.88. The van der Waals surface area contributed by atoms with Crippen molar-refractivity contribution >= 4 is 11.8 Å².